The fourth-order valence-electron chi connectivity index (χ4n) is 8.36. The molecule has 0 radical (unpaired) electrons. The van der Waals surface area contributed by atoms with Gasteiger partial charge in [-0.1, -0.05) is 51.7 Å². The molecule has 206 valence electrons. The van der Waals surface area contributed by atoms with E-state index in [1.54, 1.807) is 0 Å². The summed E-state index contributed by atoms with van der Waals surface area (Å²) < 4.78 is 5.74. The Bertz CT molecular complexity index is 947. The molecule has 0 spiro atoms. The van der Waals surface area contributed by atoms with Gasteiger partial charge in [0.25, 0.3) is 0 Å². The van der Waals surface area contributed by atoms with Crippen LogP contribution in [0, 0.1) is 35.0 Å². The second kappa shape index (κ2) is 11.6. The maximum Gasteiger partial charge on any atom is 0.334 e. The lowest BCUT2D eigenvalue weighted by Crippen LogP contribution is -2.38. The Morgan fingerprint density at radius 3 is 2.65 bits per heavy atom. The average molecular weight is 513 g/mol. The molecule has 9 atom stereocenters. The number of hydrogen-bond donors (Lipinski definition) is 3. The van der Waals surface area contributed by atoms with Crippen molar-refractivity contribution in [2.75, 3.05) is 6.61 Å². The highest BCUT2D eigenvalue weighted by Gasteiger charge is 2.51. The molecule has 1 aliphatic heterocycles. The number of fused-ring (bicyclic) bond motifs is 1. The third-order valence-electron chi connectivity index (χ3n) is 10.5. The molecule has 3 N–H and O–H groups in total. The van der Waals surface area contributed by atoms with Gasteiger partial charge in [0.05, 0.1) is 12.2 Å². The molecular formula is C32H48O5. The SMILES string of the molecule is C=C1C(=CC=C2CCC[C@]3(C)[C@@H]([C@H](C)C[C@@H]4OC(=O)C(=C)[C@@H]4CC)CC[C@@H]23)C[C@@H](O)[C@H](CCCO)[C@@H]1O. The van der Waals surface area contributed by atoms with Gasteiger partial charge in [0.15, 0.2) is 0 Å². The Kier molecular flexibility index (Phi) is 8.87. The summed E-state index contributed by atoms with van der Waals surface area (Å²) in [5.74, 6) is 1.28. The molecule has 4 aliphatic rings. The molecular weight excluding hydrogens is 464 g/mol. The van der Waals surface area contributed by atoms with E-state index in [0.717, 1.165) is 24.8 Å². The van der Waals surface area contributed by atoms with Crippen LogP contribution in [0.5, 0.6) is 0 Å². The summed E-state index contributed by atoms with van der Waals surface area (Å²) in [4.78, 5) is 12.1. The van der Waals surface area contributed by atoms with E-state index in [2.05, 4.69) is 46.1 Å². The molecule has 0 aromatic carbocycles. The topological polar surface area (TPSA) is 87.0 Å². The number of cyclic esters (lactones) is 1. The molecule has 5 heteroatoms. The number of carbonyl (C=O) groups is 1. The van der Waals surface area contributed by atoms with Crippen LogP contribution in [0.1, 0.15) is 85.0 Å². The fraction of sp³-hybridized carbons (Fsp3) is 0.719. The number of hydrogen-bond acceptors (Lipinski definition) is 5. The van der Waals surface area contributed by atoms with Crippen molar-refractivity contribution in [2.24, 2.45) is 35.0 Å². The Morgan fingerprint density at radius 2 is 1.95 bits per heavy atom. The summed E-state index contributed by atoms with van der Waals surface area (Å²) in [5, 5.41) is 30.6. The van der Waals surface area contributed by atoms with Gasteiger partial charge in [-0.05, 0) is 98.5 Å². The normalized spacial score (nSPS) is 41.4. The van der Waals surface area contributed by atoms with Crippen molar-refractivity contribution in [3.8, 4) is 0 Å². The molecule has 1 saturated heterocycles. The average Bonchev–Trinajstić information content (AvgIpc) is 3.35. The van der Waals surface area contributed by atoms with Crippen molar-refractivity contribution in [3.05, 3.63) is 47.6 Å². The first-order chi connectivity index (χ1) is 17.6. The number of carbonyl (C=O) groups excluding carboxylic acids is 1. The third kappa shape index (κ3) is 5.42. The maximum absolute atomic E-state index is 12.1. The first-order valence-electron chi connectivity index (χ1n) is 14.6. The molecule has 3 saturated carbocycles. The molecule has 0 bridgehead atoms. The molecule has 37 heavy (non-hydrogen) atoms. The van der Waals surface area contributed by atoms with E-state index < -0.39 is 12.2 Å². The molecule has 0 aromatic heterocycles. The first kappa shape index (κ1) is 28.3. The molecule has 4 rings (SSSR count). The van der Waals surface area contributed by atoms with Crippen molar-refractivity contribution in [1.82, 2.24) is 0 Å². The van der Waals surface area contributed by atoms with Crippen molar-refractivity contribution in [3.63, 3.8) is 0 Å². The number of allylic oxidation sites excluding steroid dienone is 3. The molecule has 1 heterocycles. The lowest BCUT2D eigenvalue weighted by molar-refractivity contribution is -0.140. The van der Waals surface area contributed by atoms with Gasteiger partial charge < -0.3 is 20.1 Å². The smallest absolute Gasteiger partial charge is 0.334 e. The highest BCUT2D eigenvalue weighted by Crippen LogP contribution is 2.60. The van der Waals surface area contributed by atoms with Crippen LogP contribution in [0.4, 0.5) is 0 Å². The quantitative estimate of drug-likeness (QED) is 0.289. The zero-order valence-corrected chi connectivity index (χ0v) is 23.1. The van der Waals surface area contributed by atoms with Gasteiger partial charge in [0.1, 0.15) is 6.10 Å². The molecule has 0 aromatic rings. The van der Waals surface area contributed by atoms with Crippen LogP contribution >= 0.6 is 0 Å². The van der Waals surface area contributed by atoms with Crippen LogP contribution in [0.2, 0.25) is 0 Å². The van der Waals surface area contributed by atoms with Gasteiger partial charge in [-0.15, -0.1) is 0 Å². The van der Waals surface area contributed by atoms with Crippen molar-refractivity contribution in [2.45, 2.75) is 103 Å². The standard InChI is InChI=1S/C32H48O5/c1-6-24-21(4)31(36)37-29(24)17-19(2)26-13-14-27-22(9-7-15-32(26,27)5)11-12-23-18-28(34)25(10-8-16-33)30(35)20(23)3/h11-12,19,24-30,33-35H,3-4,6-10,13-18H2,1-2,5H3/t19-,24+,25+,26-,27+,28-,29+,30-,32-/m1/s1. The monoisotopic (exact) mass is 512 g/mol. The Morgan fingerprint density at radius 1 is 1.19 bits per heavy atom. The van der Waals surface area contributed by atoms with Crippen LogP contribution < -0.4 is 0 Å². The second-order valence-corrected chi connectivity index (χ2v) is 12.5. The zero-order valence-electron chi connectivity index (χ0n) is 23.1. The second-order valence-electron chi connectivity index (χ2n) is 12.5. The number of rotatable bonds is 8. The summed E-state index contributed by atoms with van der Waals surface area (Å²) in [6.07, 6.45) is 12.3. The first-order valence-corrected chi connectivity index (χ1v) is 14.6. The van der Waals surface area contributed by atoms with Crippen molar-refractivity contribution in [1.29, 1.82) is 0 Å². The Labute approximate surface area is 223 Å². The minimum absolute atomic E-state index is 0.0395. The highest BCUT2D eigenvalue weighted by atomic mass is 16.6. The van der Waals surface area contributed by atoms with E-state index in [9.17, 15) is 15.0 Å². The molecule has 0 amide bonds. The molecule has 3 aliphatic carbocycles. The Hall–Kier alpha value is -1.69. The van der Waals surface area contributed by atoms with E-state index in [4.69, 9.17) is 9.84 Å². The predicted octanol–water partition coefficient (Wildman–Crippen LogP) is 5.66. The van der Waals surface area contributed by atoms with Crippen LogP contribution in [-0.4, -0.2) is 46.2 Å². The number of aliphatic hydroxyl groups is 3. The number of ether oxygens (including phenoxy) is 1. The summed E-state index contributed by atoms with van der Waals surface area (Å²) in [7, 11) is 0. The van der Waals surface area contributed by atoms with Crippen LogP contribution in [-0.2, 0) is 9.53 Å². The summed E-state index contributed by atoms with van der Waals surface area (Å²) in [5.41, 5.74) is 4.02. The van der Waals surface area contributed by atoms with E-state index in [0.29, 0.717) is 48.2 Å². The van der Waals surface area contributed by atoms with Gasteiger partial charge in [-0.2, -0.15) is 0 Å². The van der Waals surface area contributed by atoms with Gasteiger partial charge in [-0.3, -0.25) is 0 Å². The van der Waals surface area contributed by atoms with E-state index in [-0.39, 0.29) is 35.9 Å². The zero-order chi connectivity index (χ0) is 26.9. The van der Waals surface area contributed by atoms with E-state index >= 15 is 0 Å². The fourth-order valence-corrected chi connectivity index (χ4v) is 8.36. The minimum Gasteiger partial charge on any atom is -0.458 e. The molecule has 4 fully saturated rings. The Balaban J connectivity index is 1.46. The van der Waals surface area contributed by atoms with E-state index in [1.807, 2.05) is 0 Å². The van der Waals surface area contributed by atoms with Crippen LogP contribution in [0.3, 0.4) is 0 Å². The molecule has 5 nitrogen and oxygen atoms in total. The highest BCUT2D eigenvalue weighted by molar-refractivity contribution is 5.90. The summed E-state index contributed by atoms with van der Waals surface area (Å²) in [6, 6.07) is 0. The van der Waals surface area contributed by atoms with E-state index in [1.165, 1.54) is 31.3 Å². The van der Waals surface area contributed by atoms with Crippen molar-refractivity contribution < 1.29 is 24.9 Å². The van der Waals surface area contributed by atoms with Gasteiger partial charge in [0, 0.05) is 24.0 Å². The van der Waals surface area contributed by atoms with Crippen molar-refractivity contribution >= 4 is 5.97 Å². The van der Waals surface area contributed by atoms with Gasteiger partial charge >= 0.3 is 5.97 Å². The minimum atomic E-state index is -0.763. The van der Waals surface area contributed by atoms with Crippen LogP contribution in [0.15, 0.2) is 47.6 Å². The number of esters is 1. The maximum atomic E-state index is 12.1. The number of aliphatic hydroxyl groups excluding tert-OH is 3. The third-order valence-corrected chi connectivity index (χ3v) is 10.5. The largest absolute Gasteiger partial charge is 0.458 e. The summed E-state index contributed by atoms with van der Waals surface area (Å²) >= 11 is 0. The van der Waals surface area contributed by atoms with Gasteiger partial charge in [0.2, 0.25) is 0 Å². The predicted molar refractivity (Wildman–Crippen MR) is 147 cm³/mol. The van der Waals surface area contributed by atoms with Crippen LogP contribution in [0.25, 0.3) is 0 Å². The lowest BCUT2D eigenvalue weighted by Gasteiger charge is -2.45. The lowest BCUT2D eigenvalue weighted by atomic mass is 9.60. The van der Waals surface area contributed by atoms with Gasteiger partial charge in [-0.25, -0.2) is 4.79 Å². The summed E-state index contributed by atoms with van der Waals surface area (Å²) in [6.45, 7) is 15.1. The molecule has 0 unspecified atom stereocenters.